The van der Waals surface area contributed by atoms with Crippen LogP contribution < -0.4 is 11.1 Å². The van der Waals surface area contributed by atoms with Gasteiger partial charge in [-0.2, -0.15) is 0 Å². The zero-order valence-corrected chi connectivity index (χ0v) is 10.9. The number of nitrogens with one attached hydrogen (secondary N) is 1. The van der Waals surface area contributed by atoms with Crippen LogP contribution in [0.25, 0.3) is 0 Å². The van der Waals surface area contributed by atoms with Crippen LogP contribution in [0.3, 0.4) is 0 Å². The topological polar surface area (TPSA) is 58.3 Å². The van der Waals surface area contributed by atoms with Crippen molar-refractivity contribution in [3.05, 3.63) is 65.7 Å². The number of aliphatic hydroxyl groups excluding tert-OH is 1. The van der Waals surface area contributed by atoms with E-state index >= 15 is 0 Å². The second-order valence-corrected chi connectivity index (χ2v) is 4.58. The van der Waals surface area contributed by atoms with E-state index in [0.717, 1.165) is 17.8 Å². The van der Waals surface area contributed by atoms with Gasteiger partial charge in [-0.1, -0.05) is 42.5 Å². The van der Waals surface area contributed by atoms with Gasteiger partial charge in [0.05, 0.1) is 0 Å². The smallest absolute Gasteiger partial charge is 0.0449 e. The normalized spacial score (nSPS) is 12.1. The summed E-state index contributed by atoms with van der Waals surface area (Å²) in [7, 11) is 0. The summed E-state index contributed by atoms with van der Waals surface area (Å²) in [6.45, 7) is 0.929. The minimum absolute atomic E-state index is 0.0897. The molecule has 0 saturated heterocycles. The quantitative estimate of drug-likeness (QED) is 0.744. The fraction of sp³-hybridized carbons (Fsp3) is 0.250. The Labute approximate surface area is 114 Å². The minimum atomic E-state index is -0.0897. The molecule has 19 heavy (non-hydrogen) atoms. The first-order chi connectivity index (χ1) is 9.29. The average Bonchev–Trinajstić information content (AvgIpc) is 2.47. The van der Waals surface area contributed by atoms with E-state index < -0.39 is 0 Å². The molecule has 2 aromatic rings. The zero-order valence-electron chi connectivity index (χ0n) is 10.9. The van der Waals surface area contributed by atoms with Crippen molar-refractivity contribution in [1.29, 1.82) is 0 Å². The van der Waals surface area contributed by atoms with Gasteiger partial charge in [-0.3, -0.25) is 0 Å². The average molecular weight is 256 g/mol. The third kappa shape index (κ3) is 4.09. The van der Waals surface area contributed by atoms with Crippen molar-refractivity contribution in [3.8, 4) is 0 Å². The van der Waals surface area contributed by atoms with Crippen LogP contribution in [0.4, 0.5) is 5.69 Å². The Kier molecular flexibility index (Phi) is 4.95. The Morgan fingerprint density at radius 2 is 1.68 bits per heavy atom. The highest BCUT2D eigenvalue weighted by molar-refractivity contribution is 5.45. The maximum absolute atomic E-state index is 8.87. The van der Waals surface area contributed by atoms with Crippen LogP contribution in [0.5, 0.6) is 0 Å². The molecule has 3 nitrogen and oxygen atoms in total. The van der Waals surface area contributed by atoms with Crippen molar-refractivity contribution in [2.45, 2.75) is 19.0 Å². The first-order valence-electron chi connectivity index (χ1n) is 6.54. The number of anilines is 1. The van der Waals surface area contributed by atoms with Crippen molar-refractivity contribution in [3.63, 3.8) is 0 Å². The highest BCUT2D eigenvalue weighted by Gasteiger charge is 2.04. The zero-order chi connectivity index (χ0) is 13.5. The van der Waals surface area contributed by atoms with E-state index in [1.807, 2.05) is 42.5 Å². The van der Waals surface area contributed by atoms with Crippen molar-refractivity contribution < 1.29 is 5.11 Å². The molecule has 2 rings (SSSR count). The lowest BCUT2D eigenvalue weighted by atomic mass is 10.0. The maximum atomic E-state index is 8.87. The van der Waals surface area contributed by atoms with Gasteiger partial charge in [0.1, 0.15) is 0 Å². The standard InChI is InChI=1S/C16H20N2O/c17-16(10-11-19)14-6-8-15(9-7-14)18-12-13-4-2-1-3-5-13/h1-9,16,18-19H,10-12,17H2/t16-/m0/s1. The molecule has 0 aromatic heterocycles. The van der Waals surface area contributed by atoms with Gasteiger partial charge in [-0.05, 0) is 29.7 Å². The molecule has 1 atom stereocenters. The number of nitrogens with two attached hydrogens (primary N) is 1. The highest BCUT2D eigenvalue weighted by atomic mass is 16.3. The first kappa shape index (κ1) is 13.6. The summed E-state index contributed by atoms with van der Waals surface area (Å²) in [5.41, 5.74) is 9.32. The molecular weight excluding hydrogens is 236 g/mol. The number of rotatable bonds is 6. The molecule has 100 valence electrons. The molecule has 0 aliphatic carbocycles. The van der Waals surface area contributed by atoms with Gasteiger partial charge in [0.15, 0.2) is 0 Å². The van der Waals surface area contributed by atoms with Crippen molar-refractivity contribution in [2.75, 3.05) is 11.9 Å². The Bertz CT molecular complexity index is 482. The Hall–Kier alpha value is -1.84. The van der Waals surface area contributed by atoms with Gasteiger partial charge >= 0.3 is 0 Å². The molecule has 0 spiro atoms. The molecule has 0 heterocycles. The van der Waals surface area contributed by atoms with E-state index in [9.17, 15) is 0 Å². The van der Waals surface area contributed by atoms with Gasteiger partial charge < -0.3 is 16.2 Å². The van der Waals surface area contributed by atoms with Crippen LogP contribution in [0.1, 0.15) is 23.6 Å². The van der Waals surface area contributed by atoms with Crippen LogP contribution in [-0.2, 0) is 6.54 Å². The van der Waals surface area contributed by atoms with Gasteiger partial charge in [0.2, 0.25) is 0 Å². The SMILES string of the molecule is N[C@@H](CCO)c1ccc(NCc2ccccc2)cc1. The van der Waals surface area contributed by atoms with Crippen LogP contribution in [0.2, 0.25) is 0 Å². The number of hydrogen-bond acceptors (Lipinski definition) is 3. The van der Waals surface area contributed by atoms with Gasteiger partial charge in [0.25, 0.3) is 0 Å². The lowest BCUT2D eigenvalue weighted by molar-refractivity contribution is 0.276. The number of hydrogen-bond donors (Lipinski definition) is 3. The third-order valence-corrected chi connectivity index (χ3v) is 3.12. The molecule has 0 amide bonds. The fourth-order valence-corrected chi connectivity index (χ4v) is 1.95. The molecule has 0 aliphatic heterocycles. The first-order valence-corrected chi connectivity index (χ1v) is 6.54. The van der Waals surface area contributed by atoms with Crippen molar-refractivity contribution >= 4 is 5.69 Å². The van der Waals surface area contributed by atoms with E-state index in [2.05, 4.69) is 17.4 Å². The second-order valence-electron chi connectivity index (χ2n) is 4.58. The van der Waals surface area contributed by atoms with Crippen molar-refractivity contribution in [1.82, 2.24) is 0 Å². The summed E-state index contributed by atoms with van der Waals surface area (Å²) in [6, 6.07) is 18.2. The van der Waals surface area contributed by atoms with Gasteiger partial charge in [0, 0.05) is 24.9 Å². The Morgan fingerprint density at radius 3 is 2.32 bits per heavy atom. The molecular formula is C16H20N2O. The predicted molar refractivity (Wildman–Crippen MR) is 78.8 cm³/mol. The van der Waals surface area contributed by atoms with E-state index in [0.29, 0.717) is 6.42 Å². The summed E-state index contributed by atoms with van der Waals surface area (Å²) < 4.78 is 0. The fourth-order valence-electron chi connectivity index (χ4n) is 1.95. The highest BCUT2D eigenvalue weighted by Crippen LogP contribution is 2.17. The van der Waals surface area contributed by atoms with Crippen LogP contribution in [0, 0.1) is 0 Å². The molecule has 0 aliphatic rings. The maximum Gasteiger partial charge on any atom is 0.0449 e. The van der Waals surface area contributed by atoms with E-state index in [1.54, 1.807) is 0 Å². The second kappa shape index (κ2) is 6.92. The van der Waals surface area contributed by atoms with Gasteiger partial charge in [-0.25, -0.2) is 0 Å². The Balaban J connectivity index is 1.92. The summed E-state index contributed by atoms with van der Waals surface area (Å²) in [4.78, 5) is 0. The third-order valence-electron chi connectivity index (χ3n) is 3.12. The van der Waals surface area contributed by atoms with E-state index in [1.165, 1.54) is 5.56 Å². The van der Waals surface area contributed by atoms with Crippen molar-refractivity contribution in [2.24, 2.45) is 5.73 Å². The lowest BCUT2D eigenvalue weighted by Crippen LogP contribution is -2.11. The minimum Gasteiger partial charge on any atom is -0.396 e. The largest absolute Gasteiger partial charge is 0.396 e. The lowest BCUT2D eigenvalue weighted by Gasteiger charge is -2.12. The van der Waals surface area contributed by atoms with Crippen LogP contribution in [0.15, 0.2) is 54.6 Å². The van der Waals surface area contributed by atoms with Crippen LogP contribution >= 0.6 is 0 Å². The Morgan fingerprint density at radius 1 is 1.00 bits per heavy atom. The molecule has 4 N–H and O–H groups in total. The summed E-state index contributed by atoms with van der Waals surface area (Å²) in [5, 5.41) is 12.2. The monoisotopic (exact) mass is 256 g/mol. The number of aliphatic hydroxyl groups is 1. The molecule has 0 radical (unpaired) electrons. The summed E-state index contributed by atoms with van der Waals surface area (Å²) in [5.74, 6) is 0. The molecule has 2 aromatic carbocycles. The molecule has 3 heteroatoms. The van der Waals surface area contributed by atoms with E-state index in [-0.39, 0.29) is 12.6 Å². The molecule has 0 bridgehead atoms. The van der Waals surface area contributed by atoms with Gasteiger partial charge in [-0.15, -0.1) is 0 Å². The predicted octanol–water partition coefficient (Wildman–Crippen LogP) is 2.68. The summed E-state index contributed by atoms with van der Waals surface area (Å²) in [6.07, 6.45) is 0.594. The van der Waals surface area contributed by atoms with E-state index in [4.69, 9.17) is 10.8 Å². The number of benzene rings is 2. The van der Waals surface area contributed by atoms with Crippen LogP contribution in [-0.4, -0.2) is 11.7 Å². The molecule has 0 fully saturated rings. The summed E-state index contributed by atoms with van der Waals surface area (Å²) >= 11 is 0. The molecule has 0 saturated carbocycles. The molecule has 0 unspecified atom stereocenters.